The average molecular weight is 395 g/mol. The maximum Gasteiger partial charge on any atom is 0.258 e. The van der Waals surface area contributed by atoms with Gasteiger partial charge in [0.05, 0.1) is 11.3 Å². The second-order valence-corrected chi connectivity index (χ2v) is 7.50. The molecular formula is C23H23ClN2O2. The number of carbonyl (C=O) groups is 1. The molecule has 0 atom stereocenters. The van der Waals surface area contributed by atoms with Crippen molar-refractivity contribution >= 4 is 29.0 Å². The SMILES string of the molecule is Cl.O=C1c2ccccc2-c2c1c1ccccc1c(=O)n2CCCN1CCCC1. The number of halogens is 1. The summed E-state index contributed by atoms with van der Waals surface area (Å²) in [5.41, 5.74) is 3.10. The van der Waals surface area contributed by atoms with Crippen LogP contribution in [0.3, 0.4) is 0 Å². The molecule has 1 fully saturated rings. The minimum absolute atomic E-state index is 0. The van der Waals surface area contributed by atoms with E-state index in [4.69, 9.17) is 0 Å². The molecule has 0 bridgehead atoms. The quantitative estimate of drug-likeness (QED) is 0.523. The molecule has 1 saturated heterocycles. The Morgan fingerprint density at radius 1 is 0.786 bits per heavy atom. The minimum Gasteiger partial charge on any atom is -0.307 e. The van der Waals surface area contributed by atoms with Crippen LogP contribution in [0.2, 0.25) is 0 Å². The number of carbonyl (C=O) groups excluding carboxylic acids is 1. The Kier molecular flexibility index (Phi) is 5.09. The summed E-state index contributed by atoms with van der Waals surface area (Å²) in [6.45, 7) is 3.96. The van der Waals surface area contributed by atoms with Gasteiger partial charge in [-0.25, -0.2) is 0 Å². The Balaban J connectivity index is 0.00000192. The first-order valence-corrected chi connectivity index (χ1v) is 9.78. The van der Waals surface area contributed by atoms with E-state index in [0.29, 0.717) is 23.1 Å². The van der Waals surface area contributed by atoms with Crippen LogP contribution in [0.5, 0.6) is 0 Å². The molecular weight excluding hydrogens is 372 g/mol. The minimum atomic E-state index is 0. The molecule has 0 unspecified atom stereocenters. The number of likely N-dealkylation sites (tertiary alicyclic amines) is 1. The average Bonchev–Trinajstić information content (AvgIpc) is 3.32. The molecule has 2 heterocycles. The fourth-order valence-electron chi connectivity index (χ4n) is 4.60. The summed E-state index contributed by atoms with van der Waals surface area (Å²) >= 11 is 0. The van der Waals surface area contributed by atoms with Crippen molar-refractivity contribution in [3.05, 3.63) is 70.0 Å². The maximum absolute atomic E-state index is 13.3. The number of rotatable bonds is 4. The third-order valence-corrected chi connectivity index (χ3v) is 5.89. The molecule has 2 aromatic carbocycles. The fourth-order valence-corrected chi connectivity index (χ4v) is 4.60. The molecule has 1 aromatic heterocycles. The van der Waals surface area contributed by atoms with Gasteiger partial charge in [-0.2, -0.15) is 0 Å². The van der Waals surface area contributed by atoms with Crippen LogP contribution in [0.4, 0.5) is 0 Å². The molecule has 2 aliphatic rings. The molecule has 1 aliphatic carbocycles. The third kappa shape index (κ3) is 2.88. The topological polar surface area (TPSA) is 42.3 Å². The predicted molar refractivity (Wildman–Crippen MR) is 115 cm³/mol. The number of fused-ring (bicyclic) bond motifs is 5. The van der Waals surface area contributed by atoms with E-state index in [1.165, 1.54) is 12.8 Å². The molecule has 4 nitrogen and oxygen atoms in total. The normalized spacial score (nSPS) is 15.5. The number of hydrogen-bond acceptors (Lipinski definition) is 3. The van der Waals surface area contributed by atoms with Crippen LogP contribution in [0.15, 0.2) is 53.3 Å². The predicted octanol–water partition coefficient (Wildman–Crippen LogP) is 4.12. The Labute approximate surface area is 170 Å². The van der Waals surface area contributed by atoms with Crippen LogP contribution in [-0.2, 0) is 6.54 Å². The van der Waals surface area contributed by atoms with Crippen molar-refractivity contribution in [2.24, 2.45) is 0 Å². The molecule has 5 rings (SSSR count). The molecule has 3 aromatic rings. The molecule has 0 radical (unpaired) electrons. The molecule has 0 saturated carbocycles. The maximum atomic E-state index is 13.3. The van der Waals surface area contributed by atoms with Crippen molar-refractivity contribution in [2.45, 2.75) is 25.8 Å². The molecule has 144 valence electrons. The molecule has 0 spiro atoms. The Hall–Kier alpha value is -2.43. The highest BCUT2D eigenvalue weighted by Crippen LogP contribution is 2.39. The summed E-state index contributed by atoms with van der Waals surface area (Å²) in [7, 11) is 0. The second kappa shape index (κ2) is 7.53. The van der Waals surface area contributed by atoms with Gasteiger partial charge in [-0.3, -0.25) is 9.59 Å². The van der Waals surface area contributed by atoms with Crippen molar-refractivity contribution in [3.8, 4) is 11.3 Å². The Morgan fingerprint density at radius 3 is 2.18 bits per heavy atom. The van der Waals surface area contributed by atoms with Gasteiger partial charge in [0, 0.05) is 28.4 Å². The zero-order chi connectivity index (χ0) is 18.4. The lowest BCUT2D eigenvalue weighted by Crippen LogP contribution is -2.26. The molecule has 0 amide bonds. The zero-order valence-electron chi connectivity index (χ0n) is 15.7. The van der Waals surface area contributed by atoms with Crippen LogP contribution >= 0.6 is 12.4 Å². The smallest absolute Gasteiger partial charge is 0.258 e. The van der Waals surface area contributed by atoms with Gasteiger partial charge in [0.15, 0.2) is 5.78 Å². The van der Waals surface area contributed by atoms with Gasteiger partial charge in [0.25, 0.3) is 5.56 Å². The van der Waals surface area contributed by atoms with Gasteiger partial charge in [0.1, 0.15) is 0 Å². The van der Waals surface area contributed by atoms with Gasteiger partial charge in [-0.05, 0) is 45.0 Å². The third-order valence-electron chi connectivity index (χ3n) is 5.89. The van der Waals surface area contributed by atoms with Crippen molar-refractivity contribution < 1.29 is 4.79 Å². The Bertz CT molecular complexity index is 1110. The largest absolute Gasteiger partial charge is 0.307 e. The lowest BCUT2D eigenvalue weighted by Gasteiger charge is -2.18. The van der Waals surface area contributed by atoms with Crippen LogP contribution in [0.25, 0.3) is 22.0 Å². The molecule has 28 heavy (non-hydrogen) atoms. The molecule has 5 heteroatoms. The highest BCUT2D eigenvalue weighted by Gasteiger charge is 2.32. The van der Waals surface area contributed by atoms with Crippen LogP contribution in [0, 0.1) is 0 Å². The first-order chi connectivity index (χ1) is 13.3. The van der Waals surface area contributed by atoms with E-state index in [1.54, 1.807) is 0 Å². The van der Waals surface area contributed by atoms with E-state index in [1.807, 2.05) is 53.1 Å². The van der Waals surface area contributed by atoms with Gasteiger partial charge >= 0.3 is 0 Å². The van der Waals surface area contributed by atoms with E-state index in [-0.39, 0.29) is 23.7 Å². The van der Waals surface area contributed by atoms with Crippen molar-refractivity contribution in [2.75, 3.05) is 19.6 Å². The van der Waals surface area contributed by atoms with E-state index in [9.17, 15) is 9.59 Å². The number of nitrogens with zero attached hydrogens (tertiary/aromatic N) is 2. The first-order valence-electron chi connectivity index (χ1n) is 9.78. The summed E-state index contributed by atoms with van der Waals surface area (Å²) < 4.78 is 1.84. The van der Waals surface area contributed by atoms with E-state index in [2.05, 4.69) is 4.90 Å². The highest BCUT2D eigenvalue weighted by molar-refractivity contribution is 6.26. The van der Waals surface area contributed by atoms with Gasteiger partial charge in [-0.15, -0.1) is 12.4 Å². The molecule has 0 N–H and O–H groups in total. The lowest BCUT2D eigenvalue weighted by molar-refractivity contribution is 0.104. The summed E-state index contributed by atoms with van der Waals surface area (Å²) in [5.74, 6) is 0.0325. The lowest BCUT2D eigenvalue weighted by atomic mass is 10.0. The fraction of sp³-hybridized carbons (Fsp3) is 0.304. The van der Waals surface area contributed by atoms with E-state index in [0.717, 1.165) is 42.7 Å². The van der Waals surface area contributed by atoms with Crippen molar-refractivity contribution in [3.63, 3.8) is 0 Å². The second-order valence-electron chi connectivity index (χ2n) is 7.50. The van der Waals surface area contributed by atoms with Crippen molar-refractivity contribution in [1.29, 1.82) is 0 Å². The standard InChI is InChI=1S/C23H22N2O2.ClH/c26-22-18-10-3-2-9-17(18)21-20(22)16-8-1-4-11-19(16)23(27)25(21)15-7-14-24-12-5-6-13-24;/h1-4,8-11H,5-7,12-15H2;1H. The van der Waals surface area contributed by atoms with Crippen LogP contribution in [-0.4, -0.2) is 34.9 Å². The summed E-state index contributed by atoms with van der Waals surface area (Å²) in [6.07, 6.45) is 3.46. The van der Waals surface area contributed by atoms with Crippen LogP contribution < -0.4 is 5.56 Å². The van der Waals surface area contributed by atoms with E-state index >= 15 is 0 Å². The summed E-state index contributed by atoms with van der Waals surface area (Å²) in [4.78, 5) is 28.9. The first kappa shape index (κ1) is 18.9. The monoisotopic (exact) mass is 394 g/mol. The van der Waals surface area contributed by atoms with E-state index < -0.39 is 0 Å². The number of pyridine rings is 1. The zero-order valence-corrected chi connectivity index (χ0v) is 16.5. The number of benzene rings is 2. The van der Waals surface area contributed by atoms with Gasteiger partial charge in [0.2, 0.25) is 0 Å². The summed E-state index contributed by atoms with van der Waals surface area (Å²) in [6, 6.07) is 15.2. The van der Waals surface area contributed by atoms with Gasteiger partial charge in [-0.1, -0.05) is 42.5 Å². The van der Waals surface area contributed by atoms with Crippen molar-refractivity contribution in [1.82, 2.24) is 9.47 Å². The molecule has 1 aliphatic heterocycles. The summed E-state index contributed by atoms with van der Waals surface area (Å²) in [5, 5.41) is 1.41. The number of aromatic nitrogens is 1. The van der Waals surface area contributed by atoms with Gasteiger partial charge < -0.3 is 9.47 Å². The number of ketones is 1. The van der Waals surface area contributed by atoms with Crippen LogP contribution in [0.1, 0.15) is 35.2 Å². The Morgan fingerprint density at radius 2 is 1.43 bits per heavy atom. The highest BCUT2D eigenvalue weighted by atomic mass is 35.5. The number of hydrogen-bond donors (Lipinski definition) is 0.